The number of rotatable bonds is 2. The zero-order valence-corrected chi connectivity index (χ0v) is 10.3. The second-order valence-corrected chi connectivity index (χ2v) is 4.07. The fourth-order valence-electron chi connectivity index (χ4n) is 2.02. The number of anilines is 4. The van der Waals surface area contributed by atoms with Crippen LogP contribution in [0.15, 0.2) is 36.4 Å². The molecule has 0 saturated heterocycles. The molecule has 0 unspecified atom stereocenters. The summed E-state index contributed by atoms with van der Waals surface area (Å²) in [6.07, 6.45) is 0. The highest BCUT2D eigenvalue weighted by molar-refractivity contribution is 5.91. The molecule has 0 spiro atoms. The van der Waals surface area contributed by atoms with Gasteiger partial charge in [-0.1, -0.05) is 0 Å². The highest BCUT2D eigenvalue weighted by atomic mass is 16.5. The van der Waals surface area contributed by atoms with Crippen molar-refractivity contribution in [2.75, 3.05) is 24.9 Å². The minimum Gasteiger partial charge on any atom is -0.497 e. The van der Waals surface area contributed by atoms with Crippen LogP contribution in [0.5, 0.6) is 11.5 Å². The summed E-state index contributed by atoms with van der Waals surface area (Å²) in [5.41, 5.74) is 4.06. The Labute approximate surface area is 106 Å². The molecule has 2 N–H and O–H groups in total. The van der Waals surface area contributed by atoms with Gasteiger partial charge in [0, 0.05) is 12.1 Å². The molecule has 1 aliphatic heterocycles. The summed E-state index contributed by atoms with van der Waals surface area (Å²) in [6, 6.07) is 11.8. The zero-order chi connectivity index (χ0) is 12.5. The quantitative estimate of drug-likeness (QED) is 0.721. The molecule has 1 heterocycles. The molecular formula is C14H14N2O2. The van der Waals surface area contributed by atoms with Gasteiger partial charge in [0.2, 0.25) is 0 Å². The molecule has 2 aromatic carbocycles. The maximum Gasteiger partial charge on any atom is 0.121 e. The van der Waals surface area contributed by atoms with Gasteiger partial charge in [-0.05, 0) is 24.3 Å². The van der Waals surface area contributed by atoms with Gasteiger partial charge in [-0.3, -0.25) is 0 Å². The van der Waals surface area contributed by atoms with E-state index >= 15 is 0 Å². The Morgan fingerprint density at radius 2 is 1.11 bits per heavy atom. The first-order valence-corrected chi connectivity index (χ1v) is 5.70. The van der Waals surface area contributed by atoms with Crippen molar-refractivity contribution >= 4 is 22.7 Å². The van der Waals surface area contributed by atoms with Crippen LogP contribution in [0, 0.1) is 0 Å². The number of ether oxygens (including phenoxy) is 2. The van der Waals surface area contributed by atoms with E-state index in [1.54, 1.807) is 14.2 Å². The van der Waals surface area contributed by atoms with Crippen molar-refractivity contribution in [2.45, 2.75) is 0 Å². The Morgan fingerprint density at radius 3 is 1.56 bits per heavy atom. The predicted molar refractivity (Wildman–Crippen MR) is 72.6 cm³/mol. The van der Waals surface area contributed by atoms with Crippen molar-refractivity contribution < 1.29 is 9.47 Å². The van der Waals surface area contributed by atoms with E-state index in [0.29, 0.717) is 0 Å². The van der Waals surface area contributed by atoms with Crippen molar-refractivity contribution in [3.8, 4) is 11.5 Å². The van der Waals surface area contributed by atoms with Gasteiger partial charge in [0.1, 0.15) is 11.5 Å². The van der Waals surface area contributed by atoms with Gasteiger partial charge < -0.3 is 20.1 Å². The molecule has 0 radical (unpaired) electrons. The molecule has 0 amide bonds. The number of nitrogens with one attached hydrogen (secondary N) is 2. The maximum atomic E-state index is 5.22. The van der Waals surface area contributed by atoms with Gasteiger partial charge in [0.05, 0.1) is 37.0 Å². The van der Waals surface area contributed by atoms with E-state index in [9.17, 15) is 0 Å². The molecule has 0 fully saturated rings. The fourth-order valence-corrected chi connectivity index (χ4v) is 2.02. The smallest absolute Gasteiger partial charge is 0.121 e. The van der Waals surface area contributed by atoms with Gasteiger partial charge >= 0.3 is 0 Å². The summed E-state index contributed by atoms with van der Waals surface area (Å²) in [5.74, 6) is 1.66. The number of fused-ring (bicyclic) bond motifs is 2. The molecule has 1 aliphatic rings. The van der Waals surface area contributed by atoms with E-state index in [1.165, 1.54) is 0 Å². The third-order valence-corrected chi connectivity index (χ3v) is 2.99. The second kappa shape index (κ2) is 4.14. The SMILES string of the molecule is COc1ccc2c(c1)Nc1cc(OC)ccc1N2. The van der Waals surface area contributed by atoms with Crippen LogP contribution < -0.4 is 20.1 Å². The predicted octanol–water partition coefficient (Wildman–Crippen LogP) is 3.50. The van der Waals surface area contributed by atoms with Crippen LogP contribution in [-0.4, -0.2) is 14.2 Å². The first kappa shape index (κ1) is 10.8. The molecule has 2 aromatic rings. The van der Waals surface area contributed by atoms with E-state index in [1.807, 2.05) is 36.4 Å². The molecule has 0 saturated carbocycles. The number of hydrogen-bond donors (Lipinski definition) is 2. The summed E-state index contributed by atoms with van der Waals surface area (Å²) < 4.78 is 10.4. The average Bonchev–Trinajstić information content (AvgIpc) is 2.43. The van der Waals surface area contributed by atoms with E-state index in [-0.39, 0.29) is 0 Å². The molecule has 92 valence electrons. The Bertz CT molecular complexity index is 545. The first-order chi connectivity index (χ1) is 8.80. The van der Waals surface area contributed by atoms with Crippen LogP contribution in [0.25, 0.3) is 0 Å². The van der Waals surface area contributed by atoms with Crippen LogP contribution in [0.2, 0.25) is 0 Å². The molecule has 0 atom stereocenters. The Kier molecular flexibility index (Phi) is 2.48. The van der Waals surface area contributed by atoms with Gasteiger partial charge in [0.15, 0.2) is 0 Å². The van der Waals surface area contributed by atoms with Crippen molar-refractivity contribution in [2.24, 2.45) is 0 Å². The molecular weight excluding hydrogens is 228 g/mol. The van der Waals surface area contributed by atoms with E-state index in [0.717, 1.165) is 34.2 Å². The van der Waals surface area contributed by atoms with E-state index in [4.69, 9.17) is 9.47 Å². The summed E-state index contributed by atoms with van der Waals surface area (Å²) in [7, 11) is 3.32. The molecule has 18 heavy (non-hydrogen) atoms. The van der Waals surface area contributed by atoms with Crippen LogP contribution >= 0.6 is 0 Å². The van der Waals surface area contributed by atoms with Crippen LogP contribution in [-0.2, 0) is 0 Å². The number of hydrogen-bond acceptors (Lipinski definition) is 4. The van der Waals surface area contributed by atoms with E-state index < -0.39 is 0 Å². The fraction of sp³-hybridized carbons (Fsp3) is 0.143. The van der Waals surface area contributed by atoms with Crippen molar-refractivity contribution in [1.29, 1.82) is 0 Å². The molecule has 0 bridgehead atoms. The largest absolute Gasteiger partial charge is 0.497 e. The zero-order valence-electron chi connectivity index (χ0n) is 10.3. The van der Waals surface area contributed by atoms with Crippen molar-refractivity contribution in [1.82, 2.24) is 0 Å². The molecule has 4 heteroatoms. The number of benzene rings is 2. The first-order valence-electron chi connectivity index (χ1n) is 5.70. The molecule has 0 aromatic heterocycles. The monoisotopic (exact) mass is 242 g/mol. The molecule has 4 nitrogen and oxygen atoms in total. The Hall–Kier alpha value is -2.36. The third kappa shape index (κ3) is 1.72. The van der Waals surface area contributed by atoms with Gasteiger partial charge in [-0.2, -0.15) is 0 Å². The topological polar surface area (TPSA) is 42.5 Å². The minimum absolute atomic E-state index is 0.828. The van der Waals surface area contributed by atoms with Crippen LogP contribution in [0.4, 0.5) is 22.7 Å². The highest BCUT2D eigenvalue weighted by Crippen LogP contribution is 2.41. The van der Waals surface area contributed by atoms with Gasteiger partial charge in [-0.25, -0.2) is 0 Å². The third-order valence-electron chi connectivity index (χ3n) is 2.99. The molecule has 0 aliphatic carbocycles. The lowest BCUT2D eigenvalue weighted by Gasteiger charge is -2.23. The summed E-state index contributed by atoms with van der Waals surface area (Å²) >= 11 is 0. The lowest BCUT2D eigenvalue weighted by atomic mass is 10.1. The van der Waals surface area contributed by atoms with Gasteiger partial charge in [0.25, 0.3) is 0 Å². The highest BCUT2D eigenvalue weighted by Gasteiger charge is 2.15. The summed E-state index contributed by atoms with van der Waals surface area (Å²) in [4.78, 5) is 0. The average molecular weight is 242 g/mol. The second-order valence-electron chi connectivity index (χ2n) is 4.07. The van der Waals surface area contributed by atoms with Crippen molar-refractivity contribution in [3.05, 3.63) is 36.4 Å². The summed E-state index contributed by atoms with van der Waals surface area (Å²) in [6.45, 7) is 0. The van der Waals surface area contributed by atoms with Crippen molar-refractivity contribution in [3.63, 3.8) is 0 Å². The van der Waals surface area contributed by atoms with Crippen LogP contribution in [0.3, 0.4) is 0 Å². The van der Waals surface area contributed by atoms with Gasteiger partial charge in [-0.15, -0.1) is 0 Å². The number of methoxy groups -OCH3 is 2. The lowest BCUT2D eigenvalue weighted by molar-refractivity contribution is 0.415. The van der Waals surface area contributed by atoms with Crippen LogP contribution in [0.1, 0.15) is 0 Å². The minimum atomic E-state index is 0.828. The summed E-state index contributed by atoms with van der Waals surface area (Å²) in [5, 5.41) is 6.74. The standard InChI is InChI=1S/C14H14N2O2/c1-17-9-3-5-11-13(7-9)16-14-8-10(18-2)4-6-12(14)15-11/h3-8,15-16H,1-2H3. The normalized spacial score (nSPS) is 11.7. The maximum absolute atomic E-state index is 5.22. The molecule has 3 rings (SSSR count). The lowest BCUT2D eigenvalue weighted by Crippen LogP contribution is -2.06. The Morgan fingerprint density at radius 1 is 0.667 bits per heavy atom. The van der Waals surface area contributed by atoms with E-state index in [2.05, 4.69) is 10.6 Å². The Balaban J connectivity index is 2.01.